The largest absolute Gasteiger partial charge is 0.466 e. The molecule has 24 heavy (non-hydrogen) atoms. The molecule has 1 aromatic rings. The predicted octanol–water partition coefficient (Wildman–Crippen LogP) is 3.82. The van der Waals surface area contributed by atoms with Gasteiger partial charge in [0.25, 0.3) is 0 Å². The Bertz CT molecular complexity index is 761. The quantitative estimate of drug-likeness (QED) is 0.764. The van der Waals surface area contributed by atoms with Gasteiger partial charge in [0.1, 0.15) is 0 Å². The number of ketones is 1. The number of benzene rings is 1. The fraction of sp³-hybridized carbons (Fsp3) is 0.368. The van der Waals surface area contributed by atoms with Gasteiger partial charge in [-0.1, -0.05) is 23.7 Å². The molecule has 1 unspecified atom stereocenters. The second-order valence-electron chi connectivity index (χ2n) is 6.17. The number of esters is 1. The first-order valence-corrected chi connectivity index (χ1v) is 8.38. The summed E-state index contributed by atoms with van der Waals surface area (Å²) in [5.41, 5.74) is 3.97. The van der Waals surface area contributed by atoms with Gasteiger partial charge in [-0.2, -0.15) is 0 Å². The van der Waals surface area contributed by atoms with E-state index < -0.39 is 11.9 Å². The van der Waals surface area contributed by atoms with Crippen molar-refractivity contribution in [3.05, 3.63) is 57.4 Å². The summed E-state index contributed by atoms with van der Waals surface area (Å²) >= 11 is 6.00. The molecule has 126 valence electrons. The summed E-state index contributed by atoms with van der Waals surface area (Å²) in [6, 6.07) is 7.32. The Morgan fingerprint density at radius 3 is 2.54 bits per heavy atom. The fourth-order valence-electron chi connectivity index (χ4n) is 3.62. The van der Waals surface area contributed by atoms with Crippen LogP contribution in [0.2, 0.25) is 5.02 Å². The fourth-order valence-corrected chi connectivity index (χ4v) is 3.75. The zero-order valence-corrected chi connectivity index (χ0v) is 14.8. The number of rotatable bonds is 2. The van der Waals surface area contributed by atoms with Crippen LogP contribution in [-0.4, -0.2) is 30.8 Å². The van der Waals surface area contributed by atoms with Gasteiger partial charge in [-0.3, -0.25) is 4.79 Å². The van der Waals surface area contributed by atoms with Gasteiger partial charge in [-0.05, 0) is 37.5 Å². The van der Waals surface area contributed by atoms with Crippen molar-refractivity contribution in [1.29, 1.82) is 0 Å². The van der Waals surface area contributed by atoms with Crippen LogP contribution in [0.15, 0.2) is 46.8 Å². The van der Waals surface area contributed by atoms with Gasteiger partial charge in [0.05, 0.1) is 12.7 Å². The third-order valence-electron chi connectivity index (χ3n) is 4.91. The van der Waals surface area contributed by atoms with E-state index in [0.29, 0.717) is 17.0 Å². The molecule has 3 rings (SSSR count). The van der Waals surface area contributed by atoms with E-state index in [1.54, 1.807) is 12.1 Å². The first kappa shape index (κ1) is 16.8. The summed E-state index contributed by atoms with van der Waals surface area (Å²) in [7, 11) is 3.28. The number of carbonyl (C=O) groups excluding carboxylic acids is 2. The maximum Gasteiger partial charge on any atom is 0.336 e. The molecule has 0 aromatic heterocycles. The van der Waals surface area contributed by atoms with E-state index >= 15 is 0 Å². The van der Waals surface area contributed by atoms with Gasteiger partial charge >= 0.3 is 5.97 Å². The lowest BCUT2D eigenvalue weighted by molar-refractivity contribution is -0.136. The molecule has 0 saturated heterocycles. The van der Waals surface area contributed by atoms with E-state index in [4.69, 9.17) is 16.3 Å². The Morgan fingerprint density at radius 1 is 1.25 bits per heavy atom. The third-order valence-corrected chi connectivity index (χ3v) is 5.16. The summed E-state index contributed by atoms with van der Waals surface area (Å²) < 4.78 is 5.02. The van der Waals surface area contributed by atoms with Crippen LogP contribution in [0, 0.1) is 0 Å². The Morgan fingerprint density at radius 2 is 1.92 bits per heavy atom. The molecule has 0 N–H and O–H groups in total. The highest BCUT2D eigenvalue weighted by atomic mass is 35.5. The molecular weight excluding hydrogens is 326 g/mol. The number of Topliss-reactive ketones (excluding diaryl/α,β-unsaturated/α-hetero) is 1. The third kappa shape index (κ3) is 2.65. The zero-order chi connectivity index (χ0) is 17.4. The van der Waals surface area contributed by atoms with Crippen LogP contribution >= 0.6 is 11.6 Å². The highest BCUT2D eigenvalue weighted by Gasteiger charge is 2.40. The molecule has 1 aromatic carbocycles. The van der Waals surface area contributed by atoms with E-state index in [1.807, 2.05) is 31.0 Å². The van der Waals surface area contributed by atoms with Crippen molar-refractivity contribution in [2.75, 3.05) is 14.2 Å². The Kier molecular flexibility index (Phi) is 4.50. The summed E-state index contributed by atoms with van der Waals surface area (Å²) in [6.45, 7) is 1.90. The van der Waals surface area contributed by atoms with Gasteiger partial charge in [0.15, 0.2) is 5.78 Å². The number of hydrogen-bond acceptors (Lipinski definition) is 4. The smallest absolute Gasteiger partial charge is 0.336 e. The molecule has 2 aliphatic rings. The molecule has 0 amide bonds. The van der Waals surface area contributed by atoms with E-state index in [1.165, 1.54) is 7.11 Å². The molecule has 0 fully saturated rings. The van der Waals surface area contributed by atoms with Crippen molar-refractivity contribution < 1.29 is 14.3 Å². The number of halogens is 1. The zero-order valence-electron chi connectivity index (χ0n) is 14.1. The molecule has 0 saturated carbocycles. The maximum absolute atomic E-state index is 12.7. The molecule has 5 heteroatoms. The molecule has 4 nitrogen and oxygen atoms in total. The topological polar surface area (TPSA) is 46.6 Å². The van der Waals surface area contributed by atoms with E-state index in [2.05, 4.69) is 0 Å². The van der Waals surface area contributed by atoms with Crippen LogP contribution in [0.1, 0.15) is 37.7 Å². The number of ether oxygens (including phenoxy) is 1. The molecule has 1 aliphatic heterocycles. The van der Waals surface area contributed by atoms with Crippen molar-refractivity contribution >= 4 is 23.4 Å². The summed E-state index contributed by atoms with van der Waals surface area (Å²) in [4.78, 5) is 27.2. The average molecular weight is 346 g/mol. The number of hydrogen-bond donors (Lipinski definition) is 0. The van der Waals surface area contributed by atoms with Crippen LogP contribution in [0.5, 0.6) is 0 Å². The first-order valence-electron chi connectivity index (χ1n) is 8.00. The molecule has 0 spiro atoms. The Hall–Kier alpha value is -2.07. The van der Waals surface area contributed by atoms with Crippen molar-refractivity contribution in [1.82, 2.24) is 4.90 Å². The first-order chi connectivity index (χ1) is 11.5. The number of methoxy groups -OCH3 is 1. The average Bonchev–Trinajstić information content (AvgIpc) is 2.58. The molecule has 1 atom stereocenters. The lowest BCUT2D eigenvalue weighted by atomic mass is 9.75. The van der Waals surface area contributed by atoms with Crippen LogP contribution in [0.3, 0.4) is 0 Å². The normalized spacial score (nSPS) is 21.1. The number of carbonyl (C=O) groups is 2. The van der Waals surface area contributed by atoms with Crippen molar-refractivity contribution in [3.63, 3.8) is 0 Å². The number of nitrogens with zero attached hydrogens (tertiary/aromatic N) is 1. The van der Waals surface area contributed by atoms with Crippen LogP contribution < -0.4 is 0 Å². The van der Waals surface area contributed by atoms with Gasteiger partial charge in [0.2, 0.25) is 0 Å². The second-order valence-corrected chi connectivity index (χ2v) is 6.61. The van der Waals surface area contributed by atoms with Crippen LogP contribution in [0.25, 0.3) is 0 Å². The standard InChI is InChI=1S/C19H20ClNO3/c1-11-16(19(23)24-3)17(12-7-9-13(20)10-8-12)18-14(21(11)2)5-4-6-15(18)22/h7-10,17H,4-6H2,1-3H3. The molecule has 1 heterocycles. The summed E-state index contributed by atoms with van der Waals surface area (Å²) in [5.74, 6) is -0.685. The van der Waals surface area contributed by atoms with Gasteiger partial charge < -0.3 is 9.64 Å². The second kappa shape index (κ2) is 6.44. The van der Waals surface area contributed by atoms with Crippen molar-refractivity contribution in [2.24, 2.45) is 0 Å². The van der Waals surface area contributed by atoms with Crippen molar-refractivity contribution in [2.45, 2.75) is 32.1 Å². The Balaban J connectivity index is 2.24. The lowest BCUT2D eigenvalue weighted by Gasteiger charge is -2.39. The Labute approximate surface area is 146 Å². The monoisotopic (exact) mass is 345 g/mol. The highest BCUT2D eigenvalue weighted by molar-refractivity contribution is 6.30. The summed E-state index contributed by atoms with van der Waals surface area (Å²) in [5, 5.41) is 0.621. The predicted molar refractivity (Wildman–Crippen MR) is 92.6 cm³/mol. The minimum Gasteiger partial charge on any atom is -0.466 e. The molecular formula is C19H20ClNO3. The van der Waals surface area contributed by atoms with E-state index in [0.717, 1.165) is 35.4 Å². The summed E-state index contributed by atoms with van der Waals surface area (Å²) in [6.07, 6.45) is 2.20. The van der Waals surface area contributed by atoms with Gasteiger partial charge in [0, 0.05) is 41.4 Å². The highest BCUT2D eigenvalue weighted by Crippen LogP contribution is 2.45. The van der Waals surface area contributed by atoms with Crippen LogP contribution in [0.4, 0.5) is 0 Å². The van der Waals surface area contributed by atoms with E-state index in [-0.39, 0.29) is 5.78 Å². The van der Waals surface area contributed by atoms with E-state index in [9.17, 15) is 9.59 Å². The maximum atomic E-state index is 12.7. The van der Waals surface area contributed by atoms with Gasteiger partial charge in [-0.25, -0.2) is 4.79 Å². The van der Waals surface area contributed by atoms with Gasteiger partial charge in [-0.15, -0.1) is 0 Å². The number of allylic oxidation sites excluding steroid dienone is 3. The van der Waals surface area contributed by atoms with Crippen molar-refractivity contribution in [3.8, 4) is 0 Å². The molecule has 0 bridgehead atoms. The SMILES string of the molecule is COC(=O)C1=C(C)N(C)C2=C(C(=O)CCC2)C1c1ccc(Cl)cc1. The molecule has 1 aliphatic carbocycles. The van der Waals surface area contributed by atoms with Crippen LogP contribution in [-0.2, 0) is 14.3 Å². The molecule has 0 radical (unpaired) electrons. The lowest BCUT2D eigenvalue weighted by Crippen LogP contribution is -2.35. The minimum atomic E-state index is -0.399. The minimum absolute atomic E-state index is 0.108.